The second kappa shape index (κ2) is 12.3. The fourth-order valence-corrected chi connectivity index (χ4v) is 9.65. The van der Waals surface area contributed by atoms with Crippen LogP contribution in [0.1, 0.15) is 25.0 Å². The molecule has 12 rings (SSSR count). The minimum absolute atomic E-state index is 0.150. The number of nitrogens with zero attached hydrogens (tertiary/aromatic N) is 1. The molecule has 0 saturated carbocycles. The third kappa shape index (κ3) is 4.80. The lowest BCUT2D eigenvalue weighted by atomic mass is 9.82. The average Bonchev–Trinajstić information content (AvgIpc) is 3.77. The largest absolute Gasteiger partial charge is 0.456 e. The normalized spacial score (nSPS) is 13.3. The van der Waals surface area contributed by atoms with Crippen LogP contribution < -0.4 is 9.64 Å². The summed E-state index contributed by atoms with van der Waals surface area (Å²) in [6.07, 6.45) is 0. The first-order chi connectivity index (χ1) is 28.5. The van der Waals surface area contributed by atoms with Gasteiger partial charge in [0.15, 0.2) is 5.58 Å². The zero-order valence-electron chi connectivity index (χ0n) is 32.2. The smallest absolute Gasteiger partial charge is 0.159 e. The Morgan fingerprint density at radius 3 is 1.93 bits per heavy atom. The second-order valence-corrected chi connectivity index (χ2v) is 16.1. The van der Waals surface area contributed by atoms with Crippen molar-refractivity contribution in [1.82, 2.24) is 0 Å². The molecule has 1 aliphatic carbocycles. The van der Waals surface area contributed by atoms with Crippen molar-refractivity contribution in [2.45, 2.75) is 19.3 Å². The van der Waals surface area contributed by atoms with Crippen LogP contribution in [0.5, 0.6) is 11.5 Å². The molecule has 0 bridgehead atoms. The van der Waals surface area contributed by atoms with Gasteiger partial charge in [0.25, 0.3) is 0 Å². The van der Waals surface area contributed by atoms with Crippen LogP contribution in [0.3, 0.4) is 0 Å². The summed E-state index contributed by atoms with van der Waals surface area (Å²) in [4.78, 5) is 2.34. The lowest BCUT2D eigenvalue weighted by Gasteiger charge is -2.29. The van der Waals surface area contributed by atoms with Crippen molar-refractivity contribution in [2.24, 2.45) is 0 Å². The molecule has 9 aromatic carbocycles. The molecule has 0 radical (unpaired) electrons. The maximum Gasteiger partial charge on any atom is 0.159 e. The van der Waals surface area contributed by atoms with Crippen molar-refractivity contribution in [3.8, 4) is 56.0 Å². The van der Waals surface area contributed by atoms with Gasteiger partial charge < -0.3 is 14.1 Å². The van der Waals surface area contributed by atoms with Crippen molar-refractivity contribution >= 4 is 49.8 Å². The number of furan rings is 1. The Bertz CT molecular complexity index is 3280. The van der Waals surface area contributed by atoms with Gasteiger partial charge in [-0.15, -0.1) is 0 Å². The third-order valence-corrected chi connectivity index (χ3v) is 12.5. The van der Waals surface area contributed by atoms with E-state index in [1.165, 1.54) is 55.5 Å². The van der Waals surface area contributed by atoms with Gasteiger partial charge in [0, 0.05) is 38.9 Å². The third-order valence-electron chi connectivity index (χ3n) is 12.5. The van der Waals surface area contributed by atoms with Crippen molar-refractivity contribution in [3.63, 3.8) is 0 Å². The molecule has 0 spiro atoms. The molecule has 0 saturated heterocycles. The molecule has 0 N–H and O–H groups in total. The highest BCUT2D eigenvalue weighted by Crippen LogP contribution is 2.54. The molecule has 274 valence electrons. The summed E-state index contributed by atoms with van der Waals surface area (Å²) >= 11 is 0. The Morgan fingerprint density at radius 1 is 0.414 bits per heavy atom. The molecule has 2 heterocycles. The van der Waals surface area contributed by atoms with Gasteiger partial charge >= 0.3 is 0 Å². The van der Waals surface area contributed by atoms with Gasteiger partial charge in [0.05, 0.1) is 11.4 Å². The van der Waals surface area contributed by atoms with E-state index in [0.717, 1.165) is 61.4 Å². The Balaban J connectivity index is 1.01. The predicted octanol–water partition coefficient (Wildman–Crippen LogP) is 15.6. The maximum atomic E-state index is 6.91. The van der Waals surface area contributed by atoms with Crippen molar-refractivity contribution in [1.29, 1.82) is 0 Å². The summed E-state index contributed by atoms with van der Waals surface area (Å²) in [5.41, 5.74) is 16.9. The van der Waals surface area contributed by atoms with Crippen LogP contribution in [0.4, 0.5) is 17.1 Å². The zero-order chi connectivity index (χ0) is 38.5. The standard InChI is InChI=1S/C55H37NO2/c1-55(2)47-19-8-6-14-40(47)41-28-26-37(32-48(41)55)56(49-20-11-18-46-42-15-7-9-21-50(42)58-54(46)49)38-27-29-43-45-17-10-16-44-39(30-31-51(53(44)45)57-52(43)33-38)36-24-22-35(23-25-36)34-12-4-3-5-13-34/h3-33H,1-2H3. The lowest BCUT2D eigenvalue weighted by Crippen LogP contribution is -2.16. The predicted molar refractivity (Wildman–Crippen MR) is 240 cm³/mol. The monoisotopic (exact) mass is 743 g/mol. The van der Waals surface area contributed by atoms with Crippen molar-refractivity contribution in [2.75, 3.05) is 4.90 Å². The average molecular weight is 744 g/mol. The number of rotatable bonds is 5. The molecule has 1 aromatic heterocycles. The van der Waals surface area contributed by atoms with Gasteiger partial charge in [-0.3, -0.25) is 0 Å². The fourth-order valence-electron chi connectivity index (χ4n) is 9.65. The van der Waals surface area contributed by atoms with Gasteiger partial charge in [-0.05, 0) is 97.9 Å². The topological polar surface area (TPSA) is 25.6 Å². The summed E-state index contributed by atoms with van der Waals surface area (Å²) < 4.78 is 13.6. The number of benzene rings is 9. The Hall–Kier alpha value is -7.36. The van der Waals surface area contributed by atoms with E-state index in [1.807, 2.05) is 6.07 Å². The molecule has 3 heteroatoms. The Labute approximate surface area is 337 Å². The molecule has 1 aliphatic heterocycles. The number of para-hydroxylation sites is 2. The van der Waals surface area contributed by atoms with Crippen molar-refractivity contribution < 1.29 is 9.15 Å². The molecular weight excluding hydrogens is 707 g/mol. The van der Waals surface area contributed by atoms with Gasteiger partial charge in [-0.1, -0.05) is 153 Å². The molecule has 3 nitrogen and oxygen atoms in total. The SMILES string of the molecule is CC1(C)c2ccccc2-c2ccc(N(c3ccc4c(c3)Oc3ccc(-c5ccc(-c6ccccc6)cc5)c5cccc-4c35)c3cccc4c3oc3ccccc34)cc21. The van der Waals surface area contributed by atoms with Gasteiger partial charge in [0.1, 0.15) is 17.1 Å². The fraction of sp³-hybridized carbons (Fsp3) is 0.0545. The van der Waals surface area contributed by atoms with E-state index < -0.39 is 0 Å². The minimum atomic E-state index is -0.150. The van der Waals surface area contributed by atoms with Crippen LogP contribution in [0.2, 0.25) is 0 Å². The van der Waals surface area contributed by atoms with Crippen LogP contribution in [0.25, 0.3) is 77.2 Å². The van der Waals surface area contributed by atoms with Gasteiger partial charge in [-0.2, -0.15) is 0 Å². The maximum absolute atomic E-state index is 6.91. The minimum Gasteiger partial charge on any atom is -0.456 e. The van der Waals surface area contributed by atoms with E-state index in [9.17, 15) is 0 Å². The molecule has 2 aliphatic rings. The van der Waals surface area contributed by atoms with Crippen LogP contribution in [-0.4, -0.2) is 0 Å². The molecule has 0 atom stereocenters. The first-order valence-electron chi connectivity index (χ1n) is 20.0. The highest BCUT2D eigenvalue weighted by atomic mass is 16.5. The van der Waals surface area contributed by atoms with E-state index >= 15 is 0 Å². The van der Waals surface area contributed by atoms with Crippen molar-refractivity contribution in [3.05, 3.63) is 199 Å². The van der Waals surface area contributed by atoms with E-state index in [4.69, 9.17) is 9.15 Å². The van der Waals surface area contributed by atoms with Crippen LogP contribution in [0.15, 0.2) is 192 Å². The Kier molecular flexibility index (Phi) is 6.98. The van der Waals surface area contributed by atoms with Gasteiger partial charge in [-0.25, -0.2) is 0 Å². The number of hydrogen-bond donors (Lipinski definition) is 0. The lowest BCUT2D eigenvalue weighted by molar-refractivity contribution is 0.487. The summed E-state index contributed by atoms with van der Waals surface area (Å²) in [6.45, 7) is 4.67. The highest BCUT2D eigenvalue weighted by Gasteiger charge is 2.36. The van der Waals surface area contributed by atoms with E-state index in [-0.39, 0.29) is 5.41 Å². The molecule has 58 heavy (non-hydrogen) atoms. The molecule has 0 amide bonds. The van der Waals surface area contributed by atoms with E-state index in [1.54, 1.807) is 0 Å². The number of anilines is 3. The summed E-state index contributed by atoms with van der Waals surface area (Å²) in [5.74, 6) is 1.69. The molecule has 10 aromatic rings. The number of hydrogen-bond acceptors (Lipinski definition) is 3. The Morgan fingerprint density at radius 2 is 1.05 bits per heavy atom. The van der Waals surface area contributed by atoms with Crippen LogP contribution in [-0.2, 0) is 5.41 Å². The molecule has 0 fully saturated rings. The summed E-state index contributed by atoms with van der Waals surface area (Å²) in [5, 5.41) is 4.51. The van der Waals surface area contributed by atoms with Gasteiger partial charge in [0.2, 0.25) is 0 Å². The summed E-state index contributed by atoms with van der Waals surface area (Å²) in [7, 11) is 0. The summed E-state index contributed by atoms with van der Waals surface area (Å²) in [6, 6.07) is 67.5. The van der Waals surface area contributed by atoms with E-state index in [0.29, 0.717) is 0 Å². The number of ether oxygens (including phenoxy) is 1. The highest BCUT2D eigenvalue weighted by molar-refractivity contribution is 6.12. The first kappa shape index (κ1) is 32.8. The molecule has 0 unspecified atom stereocenters. The van der Waals surface area contributed by atoms with Crippen LogP contribution in [0, 0.1) is 0 Å². The first-order valence-corrected chi connectivity index (χ1v) is 20.0. The van der Waals surface area contributed by atoms with Crippen LogP contribution >= 0.6 is 0 Å². The van der Waals surface area contributed by atoms with E-state index in [2.05, 4.69) is 201 Å². The zero-order valence-corrected chi connectivity index (χ0v) is 32.2. The quantitative estimate of drug-likeness (QED) is 0.176. The second-order valence-electron chi connectivity index (χ2n) is 16.1. The number of fused-ring (bicyclic) bond motifs is 8. The molecular formula is C55H37NO2.